The minimum Gasteiger partial charge on any atom is -0.324 e. The van der Waals surface area contributed by atoms with Gasteiger partial charge in [0.1, 0.15) is 17.2 Å². The molecule has 0 radical (unpaired) electrons. The van der Waals surface area contributed by atoms with Crippen LogP contribution >= 0.6 is 0 Å². The molecule has 2 aromatic heterocycles. The first-order valence-corrected chi connectivity index (χ1v) is 11.4. The van der Waals surface area contributed by atoms with Gasteiger partial charge < -0.3 is 9.88 Å². The lowest BCUT2D eigenvalue weighted by atomic mass is 9.77. The van der Waals surface area contributed by atoms with Crippen LogP contribution < -0.4 is 5.32 Å². The van der Waals surface area contributed by atoms with Crippen molar-refractivity contribution < 1.29 is 13.2 Å². The Kier molecular flexibility index (Phi) is 6.06. The van der Waals surface area contributed by atoms with Gasteiger partial charge in [0, 0.05) is 11.9 Å². The molecule has 0 bridgehead atoms. The van der Waals surface area contributed by atoms with Crippen LogP contribution in [-0.4, -0.2) is 14.5 Å². The van der Waals surface area contributed by atoms with Crippen LogP contribution in [0.4, 0.5) is 24.8 Å². The third-order valence-corrected chi connectivity index (χ3v) is 6.08. The lowest BCUT2D eigenvalue weighted by molar-refractivity contribution is -0.137. The summed E-state index contributed by atoms with van der Waals surface area (Å²) < 4.78 is 42.0. The van der Waals surface area contributed by atoms with Crippen molar-refractivity contribution in [2.45, 2.75) is 18.6 Å². The van der Waals surface area contributed by atoms with E-state index in [0.717, 1.165) is 28.8 Å². The SMILES string of the molecule is Cc1cc(C(F)(F)F)cc(Nc2cn(C(c3ccccc3)(c3ccccc3)c3ccccc3)cn2)n1. The lowest BCUT2D eigenvalue weighted by Crippen LogP contribution is -2.36. The summed E-state index contributed by atoms with van der Waals surface area (Å²) in [5.74, 6) is 0.464. The largest absolute Gasteiger partial charge is 0.416 e. The zero-order chi connectivity index (χ0) is 25.2. The first kappa shape index (κ1) is 23.4. The highest BCUT2D eigenvalue weighted by atomic mass is 19.4. The summed E-state index contributed by atoms with van der Waals surface area (Å²) in [6, 6.07) is 32.2. The fourth-order valence-electron chi connectivity index (χ4n) is 4.58. The second-order valence-electron chi connectivity index (χ2n) is 8.48. The third kappa shape index (κ3) is 4.35. The second-order valence-corrected chi connectivity index (χ2v) is 8.48. The van der Waals surface area contributed by atoms with E-state index in [1.807, 2.05) is 59.2 Å². The van der Waals surface area contributed by atoms with Gasteiger partial charge in [-0.1, -0.05) is 91.0 Å². The molecule has 5 rings (SSSR count). The highest BCUT2D eigenvalue weighted by Gasteiger charge is 2.38. The summed E-state index contributed by atoms with van der Waals surface area (Å²) in [4.78, 5) is 8.73. The normalized spacial score (nSPS) is 11.9. The summed E-state index contributed by atoms with van der Waals surface area (Å²) in [6.45, 7) is 1.53. The molecule has 0 saturated heterocycles. The van der Waals surface area contributed by atoms with Crippen LogP contribution in [0.3, 0.4) is 0 Å². The van der Waals surface area contributed by atoms with E-state index < -0.39 is 17.3 Å². The molecule has 0 aliphatic carbocycles. The number of alkyl halides is 3. The molecule has 4 nitrogen and oxygen atoms in total. The maximum Gasteiger partial charge on any atom is 0.416 e. The monoisotopic (exact) mass is 484 g/mol. The van der Waals surface area contributed by atoms with E-state index in [2.05, 4.69) is 51.7 Å². The summed E-state index contributed by atoms with van der Waals surface area (Å²) in [5.41, 5.74) is 1.77. The van der Waals surface area contributed by atoms with Gasteiger partial charge in [0.15, 0.2) is 0 Å². The van der Waals surface area contributed by atoms with E-state index in [4.69, 9.17) is 0 Å². The Balaban J connectivity index is 1.66. The molecule has 0 fully saturated rings. The topological polar surface area (TPSA) is 42.7 Å². The van der Waals surface area contributed by atoms with Crippen LogP contribution in [0.15, 0.2) is 116 Å². The summed E-state index contributed by atoms with van der Waals surface area (Å²) in [7, 11) is 0. The van der Waals surface area contributed by atoms with E-state index >= 15 is 0 Å². The molecule has 1 N–H and O–H groups in total. The molecule has 0 aliphatic heterocycles. The van der Waals surface area contributed by atoms with E-state index in [0.29, 0.717) is 5.82 Å². The highest BCUT2D eigenvalue weighted by Crippen LogP contribution is 2.41. The number of nitrogens with zero attached hydrogens (tertiary/aromatic N) is 3. The molecule has 0 atom stereocenters. The van der Waals surface area contributed by atoms with Gasteiger partial charge in [-0.05, 0) is 35.7 Å². The molecule has 36 heavy (non-hydrogen) atoms. The number of benzene rings is 3. The van der Waals surface area contributed by atoms with Crippen molar-refractivity contribution in [2.24, 2.45) is 0 Å². The van der Waals surface area contributed by atoms with Gasteiger partial charge in [0.2, 0.25) is 0 Å². The second kappa shape index (κ2) is 9.34. The summed E-state index contributed by atoms with van der Waals surface area (Å²) in [6.07, 6.45) is -0.980. The molecule has 7 heteroatoms. The fraction of sp³-hybridized carbons (Fsp3) is 0.103. The van der Waals surface area contributed by atoms with Crippen LogP contribution in [0.2, 0.25) is 0 Å². The standard InChI is InChI=1S/C29H23F3N4/c1-21-17-25(29(30,31)32)18-26(34-21)35-27-19-36(20-33-27)28(22-11-5-2-6-12-22,23-13-7-3-8-14-23)24-15-9-4-10-16-24/h2-20H,1H3,(H,34,35). The number of anilines is 2. The number of halogens is 3. The van der Waals surface area contributed by atoms with Gasteiger partial charge in [-0.25, -0.2) is 9.97 Å². The predicted molar refractivity (Wildman–Crippen MR) is 134 cm³/mol. The van der Waals surface area contributed by atoms with Crippen molar-refractivity contribution in [3.05, 3.63) is 144 Å². The van der Waals surface area contributed by atoms with E-state index in [1.54, 1.807) is 12.5 Å². The highest BCUT2D eigenvalue weighted by molar-refractivity contribution is 5.55. The van der Waals surface area contributed by atoms with Crippen molar-refractivity contribution in [1.82, 2.24) is 14.5 Å². The number of imidazole rings is 1. The van der Waals surface area contributed by atoms with Crippen molar-refractivity contribution >= 4 is 11.6 Å². The van der Waals surface area contributed by atoms with Crippen molar-refractivity contribution in [3.63, 3.8) is 0 Å². The molecule has 180 valence electrons. The lowest BCUT2D eigenvalue weighted by Gasteiger charge is -2.37. The van der Waals surface area contributed by atoms with Crippen LogP contribution in [0.5, 0.6) is 0 Å². The van der Waals surface area contributed by atoms with Gasteiger partial charge in [-0.3, -0.25) is 0 Å². The van der Waals surface area contributed by atoms with Crippen LogP contribution in [0.25, 0.3) is 0 Å². The van der Waals surface area contributed by atoms with Gasteiger partial charge in [0.25, 0.3) is 0 Å². The number of hydrogen-bond donors (Lipinski definition) is 1. The summed E-state index contributed by atoms with van der Waals surface area (Å²) >= 11 is 0. The van der Waals surface area contributed by atoms with Gasteiger partial charge >= 0.3 is 6.18 Å². The summed E-state index contributed by atoms with van der Waals surface area (Å²) in [5, 5.41) is 2.96. The van der Waals surface area contributed by atoms with Gasteiger partial charge in [-0.2, -0.15) is 13.2 Å². The quantitative estimate of drug-likeness (QED) is 0.260. The molecule has 3 aromatic carbocycles. The number of rotatable bonds is 6. The average Bonchev–Trinajstić information content (AvgIpc) is 3.34. The Hall–Kier alpha value is -4.39. The van der Waals surface area contributed by atoms with E-state index in [-0.39, 0.29) is 11.5 Å². The predicted octanol–water partition coefficient (Wildman–Crippen LogP) is 7.19. The number of hydrogen-bond acceptors (Lipinski definition) is 3. The molecular weight excluding hydrogens is 461 g/mol. The number of pyridine rings is 1. The Labute approximate surface area is 207 Å². The molecule has 5 aromatic rings. The number of aryl methyl sites for hydroxylation is 1. The maximum atomic E-state index is 13.3. The maximum absolute atomic E-state index is 13.3. The molecule has 0 saturated carbocycles. The number of aromatic nitrogens is 3. The Morgan fingerprint density at radius 3 is 1.64 bits per heavy atom. The van der Waals surface area contributed by atoms with Crippen molar-refractivity contribution in [2.75, 3.05) is 5.32 Å². The number of nitrogens with one attached hydrogen (secondary N) is 1. The minimum atomic E-state index is -4.47. The molecule has 0 spiro atoms. The van der Waals surface area contributed by atoms with Gasteiger partial charge in [-0.15, -0.1) is 0 Å². The molecule has 2 heterocycles. The van der Waals surface area contributed by atoms with Crippen LogP contribution in [0, 0.1) is 6.92 Å². The van der Waals surface area contributed by atoms with Crippen molar-refractivity contribution in [3.8, 4) is 0 Å². The zero-order valence-corrected chi connectivity index (χ0v) is 19.4. The van der Waals surface area contributed by atoms with Crippen molar-refractivity contribution in [1.29, 1.82) is 0 Å². The Morgan fingerprint density at radius 2 is 1.17 bits per heavy atom. The molecule has 0 aliphatic rings. The fourth-order valence-corrected chi connectivity index (χ4v) is 4.58. The van der Waals surface area contributed by atoms with E-state index in [1.165, 1.54) is 6.92 Å². The molecular formula is C29H23F3N4. The Bertz CT molecular complexity index is 1350. The van der Waals surface area contributed by atoms with Crippen LogP contribution in [-0.2, 0) is 11.7 Å². The molecule has 0 unspecified atom stereocenters. The van der Waals surface area contributed by atoms with Crippen LogP contribution in [0.1, 0.15) is 27.9 Å². The Morgan fingerprint density at radius 1 is 0.667 bits per heavy atom. The third-order valence-electron chi connectivity index (χ3n) is 6.08. The first-order chi connectivity index (χ1) is 17.4. The minimum absolute atomic E-state index is 0.0808. The average molecular weight is 485 g/mol. The zero-order valence-electron chi connectivity index (χ0n) is 19.4. The smallest absolute Gasteiger partial charge is 0.324 e. The van der Waals surface area contributed by atoms with Gasteiger partial charge in [0.05, 0.1) is 11.9 Å². The first-order valence-electron chi connectivity index (χ1n) is 11.4. The van der Waals surface area contributed by atoms with E-state index in [9.17, 15) is 13.2 Å². The molecule has 0 amide bonds.